The van der Waals surface area contributed by atoms with Gasteiger partial charge in [-0.1, -0.05) is 44.9 Å². The van der Waals surface area contributed by atoms with Crippen molar-refractivity contribution in [1.29, 1.82) is 0 Å². The fourth-order valence-corrected chi connectivity index (χ4v) is 4.09. The molecule has 0 radical (unpaired) electrons. The van der Waals surface area contributed by atoms with E-state index in [4.69, 9.17) is 6.57 Å². The average Bonchev–Trinajstić information content (AvgIpc) is 2.58. The highest BCUT2D eigenvalue weighted by Crippen LogP contribution is 2.58. The van der Waals surface area contributed by atoms with Gasteiger partial charge in [-0.3, -0.25) is 0 Å². The monoisotopic (exact) mass is 229 g/mol. The van der Waals surface area contributed by atoms with Crippen molar-refractivity contribution in [2.24, 2.45) is 17.3 Å². The van der Waals surface area contributed by atoms with Crippen molar-refractivity contribution in [3.8, 4) is 0 Å². The Morgan fingerprint density at radius 3 is 2.71 bits per heavy atom. The summed E-state index contributed by atoms with van der Waals surface area (Å²) in [6.07, 6.45) is 6.24. The van der Waals surface area contributed by atoms with E-state index in [0.29, 0.717) is 17.3 Å². The van der Waals surface area contributed by atoms with Gasteiger partial charge in [0.25, 0.3) is 0 Å². The Hall–Kier alpha value is -1.03. The molecule has 1 nitrogen and oxygen atoms in total. The maximum atomic E-state index is 7.43. The van der Waals surface area contributed by atoms with E-state index in [-0.39, 0.29) is 0 Å². The Balaban J connectivity index is 2.37. The number of hydrogen-bond acceptors (Lipinski definition) is 0. The molecule has 0 heterocycles. The SMILES string of the molecule is [C-]#[N+]C(=C(C)C)C1CC[C@@]2(C)CCCC(=C)[C@@H]12. The van der Waals surface area contributed by atoms with Crippen LogP contribution in [0.2, 0.25) is 0 Å². The molecule has 2 rings (SSSR count). The molecular formula is C16H23N. The summed E-state index contributed by atoms with van der Waals surface area (Å²) in [6, 6.07) is 0. The van der Waals surface area contributed by atoms with E-state index in [1.165, 1.54) is 43.3 Å². The Labute approximate surface area is 105 Å². The first-order valence-electron chi connectivity index (χ1n) is 6.72. The number of nitrogens with zero attached hydrogens (tertiary/aromatic N) is 1. The molecule has 92 valence electrons. The minimum atomic E-state index is 0.422. The molecule has 0 aromatic rings. The van der Waals surface area contributed by atoms with Crippen molar-refractivity contribution >= 4 is 0 Å². The van der Waals surface area contributed by atoms with Crippen molar-refractivity contribution in [2.45, 2.75) is 52.9 Å². The van der Waals surface area contributed by atoms with E-state index < -0.39 is 0 Å². The molecule has 0 aliphatic heterocycles. The molecule has 2 saturated carbocycles. The maximum Gasteiger partial charge on any atom is 0.167 e. The largest absolute Gasteiger partial charge is 0.242 e. The third kappa shape index (κ3) is 1.95. The van der Waals surface area contributed by atoms with Gasteiger partial charge in [-0.25, -0.2) is 4.85 Å². The second kappa shape index (κ2) is 4.33. The van der Waals surface area contributed by atoms with Crippen LogP contribution >= 0.6 is 0 Å². The van der Waals surface area contributed by atoms with E-state index in [0.717, 1.165) is 5.70 Å². The fourth-order valence-electron chi connectivity index (χ4n) is 4.09. The van der Waals surface area contributed by atoms with Crippen LogP contribution in [0.1, 0.15) is 52.9 Å². The molecule has 0 bridgehead atoms. The zero-order valence-corrected chi connectivity index (χ0v) is 11.3. The number of fused-ring (bicyclic) bond motifs is 1. The Bertz CT molecular complexity index is 406. The fraction of sp³-hybridized carbons (Fsp3) is 0.688. The smallest absolute Gasteiger partial charge is 0.167 e. The topological polar surface area (TPSA) is 4.36 Å². The lowest BCUT2D eigenvalue weighted by Crippen LogP contribution is -2.31. The van der Waals surface area contributed by atoms with Crippen LogP contribution in [0.25, 0.3) is 4.85 Å². The van der Waals surface area contributed by atoms with Crippen molar-refractivity contribution in [2.75, 3.05) is 0 Å². The third-order valence-electron chi connectivity index (χ3n) is 4.85. The molecule has 2 aliphatic carbocycles. The Morgan fingerprint density at radius 1 is 1.41 bits per heavy atom. The molecule has 0 aromatic carbocycles. The highest BCUT2D eigenvalue weighted by Gasteiger charge is 2.49. The molecule has 0 spiro atoms. The van der Waals surface area contributed by atoms with Crippen LogP contribution in [0.15, 0.2) is 23.4 Å². The summed E-state index contributed by atoms with van der Waals surface area (Å²) >= 11 is 0. The summed E-state index contributed by atoms with van der Waals surface area (Å²) in [5.41, 5.74) is 4.05. The minimum absolute atomic E-state index is 0.422. The van der Waals surface area contributed by atoms with Crippen LogP contribution in [0.5, 0.6) is 0 Å². The summed E-state index contributed by atoms with van der Waals surface area (Å²) < 4.78 is 0. The second-order valence-corrected chi connectivity index (χ2v) is 6.29. The molecule has 2 aliphatic rings. The third-order valence-corrected chi connectivity index (χ3v) is 4.85. The predicted molar refractivity (Wildman–Crippen MR) is 72.3 cm³/mol. The molecule has 17 heavy (non-hydrogen) atoms. The summed E-state index contributed by atoms with van der Waals surface area (Å²) in [7, 11) is 0. The maximum absolute atomic E-state index is 7.43. The van der Waals surface area contributed by atoms with Gasteiger partial charge in [-0.05, 0) is 42.9 Å². The van der Waals surface area contributed by atoms with Crippen LogP contribution in [0.3, 0.4) is 0 Å². The normalized spacial score (nSPS) is 36.2. The lowest BCUT2D eigenvalue weighted by Gasteiger charge is -2.40. The van der Waals surface area contributed by atoms with Crippen molar-refractivity contribution in [3.63, 3.8) is 0 Å². The van der Waals surface area contributed by atoms with Gasteiger partial charge >= 0.3 is 0 Å². The second-order valence-electron chi connectivity index (χ2n) is 6.29. The van der Waals surface area contributed by atoms with E-state index in [1.54, 1.807) is 0 Å². The van der Waals surface area contributed by atoms with Crippen molar-refractivity contribution in [1.82, 2.24) is 0 Å². The van der Waals surface area contributed by atoms with E-state index in [2.05, 4.69) is 32.2 Å². The highest BCUT2D eigenvalue weighted by molar-refractivity contribution is 5.28. The number of rotatable bonds is 1. The average molecular weight is 229 g/mol. The number of hydrogen-bond donors (Lipinski definition) is 0. The van der Waals surface area contributed by atoms with Crippen molar-refractivity contribution in [3.05, 3.63) is 34.8 Å². The summed E-state index contributed by atoms with van der Waals surface area (Å²) in [6.45, 7) is 18.3. The van der Waals surface area contributed by atoms with Crippen LogP contribution in [-0.2, 0) is 0 Å². The molecule has 3 atom stereocenters. The quantitative estimate of drug-likeness (QED) is 0.441. The van der Waals surface area contributed by atoms with E-state index in [9.17, 15) is 0 Å². The lowest BCUT2D eigenvalue weighted by molar-refractivity contribution is 0.185. The molecule has 0 aromatic heterocycles. The number of allylic oxidation sites excluding steroid dienone is 3. The molecule has 1 heteroatoms. The van der Waals surface area contributed by atoms with Gasteiger partial charge in [0.1, 0.15) is 0 Å². The summed E-state index contributed by atoms with van der Waals surface area (Å²) in [5, 5.41) is 0. The van der Waals surface area contributed by atoms with E-state index in [1.807, 2.05) is 0 Å². The molecular weight excluding hydrogens is 206 g/mol. The van der Waals surface area contributed by atoms with Gasteiger partial charge in [-0.2, -0.15) is 0 Å². The molecule has 0 N–H and O–H groups in total. The Kier molecular flexibility index (Phi) is 3.17. The van der Waals surface area contributed by atoms with Crippen LogP contribution in [-0.4, -0.2) is 0 Å². The summed E-state index contributed by atoms with van der Waals surface area (Å²) in [4.78, 5) is 3.81. The van der Waals surface area contributed by atoms with Crippen LogP contribution < -0.4 is 0 Å². The Morgan fingerprint density at radius 2 is 2.12 bits per heavy atom. The van der Waals surface area contributed by atoms with Gasteiger partial charge in [-0.15, -0.1) is 0 Å². The molecule has 1 unspecified atom stereocenters. The zero-order chi connectivity index (χ0) is 12.6. The summed E-state index contributed by atoms with van der Waals surface area (Å²) in [5.74, 6) is 1.02. The van der Waals surface area contributed by atoms with Gasteiger partial charge in [0, 0.05) is 0 Å². The van der Waals surface area contributed by atoms with E-state index >= 15 is 0 Å². The molecule has 0 saturated heterocycles. The molecule has 0 amide bonds. The standard InChI is InChI=1S/C16H23N/c1-11(2)15(17-5)13-8-10-16(4)9-6-7-12(3)14(13)16/h13-14H,3,6-10H2,1-2,4H3/t13?,14-,16+/m0/s1. The predicted octanol–water partition coefficient (Wildman–Crippen LogP) is 4.97. The first-order chi connectivity index (χ1) is 7.99. The first kappa shape index (κ1) is 12.4. The van der Waals surface area contributed by atoms with Crippen LogP contribution in [0, 0.1) is 23.8 Å². The van der Waals surface area contributed by atoms with Crippen molar-refractivity contribution < 1.29 is 0 Å². The van der Waals surface area contributed by atoms with Gasteiger partial charge < -0.3 is 0 Å². The lowest BCUT2D eigenvalue weighted by atomic mass is 9.65. The highest BCUT2D eigenvalue weighted by atomic mass is 14.7. The van der Waals surface area contributed by atoms with Gasteiger partial charge in [0.05, 0.1) is 6.57 Å². The van der Waals surface area contributed by atoms with Gasteiger partial charge in [0.15, 0.2) is 5.70 Å². The van der Waals surface area contributed by atoms with Gasteiger partial charge in [0.2, 0.25) is 0 Å². The zero-order valence-electron chi connectivity index (χ0n) is 11.3. The minimum Gasteiger partial charge on any atom is -0.242 e. The molecule has 2 fully saturated rings. The van der Waals surface area contributed by atoms with Crippen LogP contribution in [0.4, 0.5) is 0 Å². The first-order valence-corrected chi connectivity index (χ1v) is 6.72.